The van der Waals surface area contributed by atoms with E-state index in [1.54, 1.807) is 12.1 Å². The number of aromatic nitrogens is 4. The Morgan fingerprint density at radius 3 is 2.66 bits per heavy atom. The number of anilines is 1. The van der Waals surface area contributed by atoms with Crippen LogP contribution in [0.2, 0.25) is 5.02 Å². The van der Waals surface area contributed by atoms with Gasteiger partial charge in [0.2, 0.25) is 11.0 Å². The fraction of sp³-hybridized carbons (Fsp3) is 0.318. The van der Waals surface area contributed by atoms with Crippen molar-refractivity contribution in [1.82, 2.24) is 19.7 Å². The molecule has 0 saturated carbocycles. The molecule has 1 N–H and O–H groups in total. The minimum Gasteiger partial charge on any atom is -0.299 e. The first-order chi connectivity index (χ1) is 15.4. The molecule has 32 heavy (non-hydrogen) atoms. The molecule has 7 nitrogen and oxygen atoms in total. The smallest absolute Gasteiger partial charge is 0.263 e. The molecule has 0 bridgehead atoms. The molecule has 166 valence electrons. The van der Waals surface area contributed by atoms with Gasteiger partial charge in [-0.15, -0.1) is 21.5 Å². The maximum atomic E-state index is 13.4. The summed E-state index contributed by atoms with van der Waals surface area (Å²) < 4.78 is 1.40. The highest BCUT2D eigenvalue weighted by Crippen LogP contribution is 2.31. The molecule has 0 spiro atoms. The van der Waals surface area contributed by atoms with Gasteiger partial charge in [0.25, 0.3) is 5.56 Å². The van der Waals surface area contributed by atoms with Crippen LogP contribution in [-0.2, 0) is 11.2 Å². The molecule has 0 saturated heterocycles. The number of halogens is 1. The van der Waals surface area contributed by atoms with Gasteiger partial charge in [0, 0.05) is 22.4 Å². The van der Waals surface area contributed by atoms with Crippen molar-refractivity contribution >= 4 is 55.5 Å². The lowest BCUT2D eigenvalue weighted by Gasteiger charge is -2.16. The van der Waals surface area contributed by atoms with E-state index in [4.69, 9.17) is 11.6 Å². The van der Waals surface area contributed by atoms with Gasteiger partial charge < -0.3 is 0 Å². The number of hydrogen-bond donors (Lipinski definition) is 1. The van der Waals surface area contributed by atoms with Gasteiger partial charge in [-0.05, 0) is 30.0 Å². The summed E-state index contributed by atoms with van der Waals surface area (Å²) in [5.74, 6) is 0.137. The Balaban J connectivity index is 1.66. The van der Waals surface area contributed by atoms with Crippen LogP contribution in [0.4, 0.5) is 5.13 Å². The summed E-state index contributed by atoms with van der Waals surface area (Å²) in [4.78, 5) is 31.5. The topological polar surface area (TPSA) is 89.8 Å². The lowest BCUT2D eigenvalue weighted by atomic mass is 10.1. The number of carbonyl (C=O) groups excluding carboxylic acids is 1. The van der Waals surface area contributed by atoms with E-state index in [9.17, 15) is 9.59 Å². The number of fused-ring (bicyclic) bond motifs is 1. The molecule has 3 aromatic heterocycles. The molecule has 0 aliphatic carbocycles. The predicted molar refractivity (Wildman–Crippen MR) is 131 cm³/mol. The summed E-state index contributed by atoms with van der Waals surface area (Å²) in [7, 11) is 0. The van der Waals surface area contributed by atoms with Gasteiger partial charge in [0.05, 0.1) is 11.7 Å². The van der Waals surface area contributed by atoms with Crippen molar-refractivity contribution in [2.24, 2.45) is 5.92 Å². The molecule has 1 unspecified atom stereocenters. The van der Waals surface area contributed by atoms with Crippen LogP contribution in [0.5, 0.6) is 0 Å². The lowest BCUT2D eigenvalue weighted by Crippen LogP contribution is -2.33. The van der Waals surface area contributed by atoms with Crippen LogP contribution in [-0.4, -0.2) is 25.7 Å². The van der Waals surface area contributed by atoms with E-state index < -0.39 is 6.04 Å². The van der Waals surface area contributed by atoms with Crippen molar-refractivity contribution < 1.29 is 4.79 Å². The summed E-state index contributed by atoms with van der Waals surface area (Å²) in [6, 6.07) is 6.60. The minimum absolute atomic E-state index is 0.249. The van der Waals surface area contributed by atoms with Gasteiger partial charge in [-0.3, -0.25) is 19.5 Å². The Morgan fingerprint density at radius 2 is 1.97 bits per heavy atom. The summed E-state index contributed by atoms with van der Waals surface area (Å²) in [6.07, 6.45) is 2.68. The molecule has 1 amide bonds. The van der Waals surface area contributed by atoms with E-state index in [0.29, 0.717) is 32.7 Å². The Bertz CT molecular complexity index is 1310. The molecule has 4 rings (SSSR count). The molecule has 0 aliphatic heterocycles. The van der Waals surface area contributed by atoms with Crippen LogP contribution < -0.4 is 10.9 Å². The molecule has 1 atom stereocenters. The van der Waals surface area contributed by atoms with Crippen LogP contribution in [0, 0.1) is 5.92 Å². The fourth-order valence-electron chi connectivity index (χ4n) is 3.44. The minimum atomic E-state index is -0.713. The van der Waals surface area contributed by atoms with Crippen molar-refractivity contribution in [2.75, 3.05) is 5.32 Å². The molecule has 0 aliphatic rings. The van der Waals surface area contributed by atoms with Crippen LogP contribution in [0.15, 0.2) is 40.8 Å². The number of hydrogen-bond acceptors (Lipinski definition) is 7. The Morgan fingerprint density at radius 1 is 1.22 bits per heavy atom. The predicted octanol–water partition coefficient (Wildman–Crippen LogP) is 5.42. The molecule has 1 aromatic carbocycles. The third kappa shape index (κ3) is 4.60. The second-order valence-electron chi connectivity index (χ2n) is 7.81. The largest absolute Gasteiger partial charge is 0.299 e. The Kier molecular flexibility index (Phi) is 6.68. The Hall–Kier alpha value is -2.62. The number of nitrogens with zero attached hydrogens (tertiary/aromatic N) is 4. The summed E-state index contributed by atoms with van der Waals surface area (Å²) in [5.41, 5.74) is 1.41. The van der Waals surface area contributed by atoms with Crippen molar-refractivity contribution in [1.29, 1.82) is 0 Å². The van der Waals surface area contributed by atoms with E-state index in [0.717, 1.165) is 22.6 Å². The molecule has 3 heterocycles. The van der Waals surface area contributed by atoms with E-state index in [2.05, 4.69) is 34.3 Å². The number of nitrogens with one attached hydrogen (secondary N) is 1. The van der Waals surface area contributed by atoms with Crippen LogP contribution in [0.25, 0.3) is 21.3 Å². The first kappa shape index (κ1) is 22.6. The van der Waals surface area contributed by atoms with Gasteiger partial charge in [-0.1, -0.05) is 55.8 Å². The summed E-state index contributed by atoms with van der Waals surface area (Å²) >= 11 is 8.76. The number of benzene rings is 1. The van der Waals surface area contributed by atoms with Gasteiger partial charge in [-0.2, -0.15) is 0 Å². The molecule has 0 fully saturated rings. The highest BCUT2D eigenvalue weighted by molar-refractivity contribution is 7.17. The zero-order valence-corrected chi connectivity index (χ0v) is 20.2. The second-order valence-corrected chi connectivity index (χ2v) is 10.2. The highest BCUT2D eigenvalue weighted by Gasteiger charge is 2.24. The number of rotatable bonds is 7. The first-order valence-corrected chi connectivity index (χ1v) is 12.3. The number of carbonyl (C=O) groups is 1. The quantitative estimate of drug-likeness (QED) is 0.376. The van der Waals surface area contributed by atoms with Crippen molar-refractivity contribution in [2.45, 2.75) is 39.7 Å². The van der Waals surface area contributed by atoms with Crippen molar-refractivity contribution in [3.05, 3.63) is 56.4 Å². The second kappa shape index (κ2) is 9.48. The van der Waals surface area contributed by atoms with E-state index in [-0.39, 0.29) is 11.5 Å². The number of amides is 1. The highest BCUT2D eigenvalue weighted by atomic mass is 35.5. The SMILES string of the molecule is CCC(C(=O)Nc1nnc(CC(C)C)s1)n1cnc2scc(-c3ccc(Cl)cc3)c2c1=O. The lowest BCUT2D eigenvalue weighted by molar-refractivity contribution is -0.119. The maximum absolute atomic E-state index is 13.4. The first-order valence-electron chi connectivity index (χ1n) is 10.2. The van der Waals surface area contributed by atoms with Crippen molar-refractivity contribution in [3.8, 4) is 11.1 Å². The van der Waals surface area contributed by atoms with Gasteiger partial charge >= 0.3 is 0 Å². The average molecular weight is 488 g/mol. The molecule has 0 radical (unpaired) electrons. The third-order valence-electron chi connectivity index (χ3n) is 4.98. The van der Waals surface area contributed by atoms with Gasteiger partial charge in [-0.25, -0.2) is 4.98 Å². The third-order valence-corrected chi connectivity index (χ3v) is 6.98. The fourth-order valence-corrected chi connectivity index (χ4v) is 5.43. The molecule has 4 aromatic rings. The van der Waals surface area contributed by atoms with Crippen molar-refractivity contribution in [3.63, 3.8) is 0 Å². The average Bonchev–Trinajstić information content (AvgIpc) is 3.37. The monoisotopic (exact) mass is 487 g/mol. The zero-order chi connectivity index (χ0) is 22.8. The van der Waals surface area contributed by atoms with Gasteiger partial charge in [0.15, 0.2) is 0 Å². The summed E-state index contributed by atoms with van der Waals surface area (Å²) in [5, 5.41) is 15.4. The number of thiophene rings is 1. The van der Waals surface area contributed by atoms with Crippen LogP contribution in [0.1, 0.15) is 38.2 Å². The van der Waals surface area contributed by atoms with E-state index in [1.165, 1.54) is 33.6 Å². The van der Waals surface area contributed by atoms with E-state index in [1.807, 2.05) is 24.4 Å². The van der Waals surface area contributed by atoms with E-state index >= 15 is 0 Å². The molecule has 10 heteroatoms. The maximum Gasteiger partial charge on any atom is 0.263 e. The molecular weight excluding hydrogens is 466 g/mol. The van der Waals surface area contributed by atoms with Gasteiger partial charge in [0.1, 0.15) is 15.9 Å². The van der Waals surface area contributed by atoms with Crippen LogP contribution >= 0.6 is 34.3 Å². The zero-order valence-electron chi connectivity index (χ0n) is 17.8. The summed E-state index contributed by atoms with van der Waals surface area (Å²) in [6.45, 7) is 6.06. The standard InChI is InChI=1S/C22H22ClN5O2S2/c1-4-16(19(29)25-22-27-26-17(32-22)9-12(2)3)28-11-24-20-18(21(28)30)15(10-31-20)13-5-7-14(23)8-6-13/h5-8,10-12,16H,4,9H2,1-3H3,(H,25,27,29). The normalized spacial score (nSPS) is 12.4. The molecular formula is C22H22ClN5O2S2. The van der Waals surface area contributed by atoms with Crippen LogP contribution in [0.3, 0.4) is 0 Å². The Labute approximate surface area is 198 Å².